The smallest absolute Gasteiger partial charge is 0.257 e. The Balaban J connectivity index is 0.752. The van der Waals surface area contributed by atoms with E-state index in [1.807, 2.05) is 74.8 Å². The molecule has 12 nitrogen and oxygen atoms in total. The molecule has 2 N–H and O–H groups in total. The van der Waals surface area contributed by atoms with Crippen LogP contribution in [0, 0.1) is 0 Å². The molecule has 2 heterocycles. The Kier molecular flexibility index (Phi) is 14.7. The Morgan fingerprint density at radius 1 is 0.536 bits per heavy atom. The van der Waals surface area contributed by atoms with E-state index >= 15 is 0 Å². The lowest BCUT2D eigenvalue weighted by Gasteiger charge is -2.18. The summed E-state index contributed by atoms with van der Waals surface area (Å²) in [6, 6.07) is 25.8. The van der Waals surface area contributed by atoms with Crippen LogP contribution in [0.2, 0.25) is 0 Å². The second kappa shape index (κ2) is 20.3. The summed E-state index contributed by atoms with van der Waals surface area (Å²) in [4.78, 5) is 54.7. The quantitative estimate of drug-likeness (QED) is 0.0778. The van der Waals surface area contributed by atoms with E-state index in [0.29, 0.717) is 98.7 Å². The lowest BCUT2D eigenvalue weighted by Crippen LogP contribution is -2.36. The summed E-state index contributed by atoms with van der Waals surface area (Å²) in [5.41, 5.74) is -0.0791. The molecule has 2 aromatic heterocycles. The minimum absolute atomic E-state index is 0.0395. The van der Waals surface area contributed by atoms with Crippen LogP contribution in [0.1, 0.15) is 0 Å². The normalized spacial score (nSPS) is 11.6. The Morgan fingerprint density at radius 3 is 1.39 bits per heavy atom. The van der Waals surface area contributed by atoms with Crippen molar-refractivity contribution < 1.29 is 28.5 Å². The van der Waals surface area contributed by atoms with Gasteiger partial charge in [0.15, 0.2) is 24.1 Å². The molecule has 2 amide bonds. The summed E-state index contributed by atoms with van der Waals surface area (Å²) in [7, 11) is 3.93. The third-order valence-corrected chi connectivity index (χ3v) is 11.4. The van der Waals surface area contributed by atoms with E-state index in [1.54, 1.807) is 46.9 Å². The van der Waals surface area contributed by atoms with Gasteiger partial charge >= 0.3 is 0 Å². The fourth-order valence-corrected chi connectivity index (χ4v) is 8.01. The van der Waals surface area contributed by atoms with Gasteiger partial charge in [0.25, 0.3) is 11.8 Å². The van der Waals surface area contributed by atoms with Crippen molar-refractivity contribution in [3.63, 3.8) is 0 Å². The number of carbonyl (C=O) groups is 2. The van der Waals surface area contributed by atoms with Crippen LogP contribution in [-0.4, -0.2) is 115 Å². The molecular formula is C42H46N4O8S2. The van der Waals surface area contributed by atoms with Crippen LogP contribution in [0.4, 0.5) is 0 Å². The molecule has 0 aliphatic rings. The molecular weight excluding hydrogens is 753 g/mol. The zero-order valence-corrected chi connectivity index (χ0v) is 33.2. The van der Waals surface area contributed by atoms with E-state index in [2.05, 4.69) is 20.4 Å². The molecule has 0 atom stereocenters. The van der Waals surface area contributed by atoms with Crippen LogP contribution in [-0.2, 0) is 19.1 Å². The van der Waals surface area contributed by atoms with E-state index in [9.17, 15) is 19.2 Å². The Bertz CT molecular complexity index is 2230. The van der Waals surface area contributed by atoms with Gasteiger partial charge in [0, 0.05) is 79.6 Å². The van der Waals surface area contributed by atoms with Gasteiger partial charge < -0.3 is 39.4 Å². The lowest BCUT2D eigenvalue weighted by molar-refractivity contribution is -0.123. The summed E-state index contributed by atoms with van der Waals surface area (Å²) in [5.74, 6) is 0.500. The van der Waals surface area contributed by atoms with Crippen molar-refractivity contribution in [2.45, 2.75) is 0 Å². The first-order chi connectivity index (χ1) is 27.2. The molecule has 56 heavy (non-hydrogen) atoms. The Morgan fingerprint density at radius 2 is 0.946 bits per heavy atom. The number of nitrogens with zero attached hydrogens (tertiary/aromatic N) is 2. The highest BCUT2D eigenvalue weighted by atomic mass is 32.1. The standard InChI is InChI=1S/C42H46N4O8S2/c1-45(17-15-43-39(47)27-53-29-11-13-37-33(25-29)41(49)31-7-3-5-9-35(31)55-37)19-21-51-23-24-52-22-20-46(2)18-16-44-40(48)28-54-30-12-14-38-34(26-30)42(50)32-8-4-6-10-36(32)56-38/h3-14,25-26H,15-24,27-28H2,1-2H3,(H,43,47)(H,44,48). The van der Waals surface area contributed by atoms with Crippen LogP contribution in [0.5, 0.6) is 11.5 Å². The van der Waals surface area contributed by atoms with Crippen molar-refractivity contribution in [3.05, 3.63) is 105 Å². The molecule has 294 valence electrons. The van der Waals surface area contributed by atoms with E-state index in [0.717, 1.165) is 18.8 Å². The minimum Gasteiger partial charge on any atom is -0.484 e. The van der Waals surface area contributed by atoms with Gasteiger partial charge in [-0.15, -0.1) is 22.7 Å². The first-order valence-electron chi connectivity index (χ1n) is 18.5. The number of nitrogens with one attached hydrogen (secondary N) is 2. The van der Waals surface area contributed by atoms with Crippen LogP contribution >= 0.6 is 22.7 Å². The van der Waals surface area contributed by atoms with Crippen molar-refractivity contribution in [2.24, 2.45) is 0 Å². The molecule has 0 saturated carbocycles. The average molecular weight is 799 g/mol. The Labute approximate surface area is 332 Å². The molecule has 0 aliphatic carbocycles. The van der Waals surface area contributed by atoms with Gasteiger partial charge in [-0.1, -0.05) is 24.3 Å². The Hall–Kier alpha value is -4.96. The van der Waals surface area contributed by atoms with Gasteiger partial charge in [0.05, 0.1) is 26.4 Å². The van der Waals surface area contributed by atoms with Crippen molar-refractivity contribution >= 4 is 74.8 Å². The third-order valence-electron chi connectivity index (χ3n) is 9.07. The van der Waals surface area contributed by atoms with Gasteiger partial charge in [0.1, 0.15) is 11.5 Å². The van der Waals surface area contributed by atoms with Gasteiger partial charge in [-0.3, -0.25) is 19.2 Å². The number of rotatable bonds is 21. The molecule has 6 rings (SSSR count). The second-order valence-electron chi connectivity index (χ2n) is 13.3. The fourth-order valence-electron chi connectivity index (χ4n) is 5.90. The van der Waals surface area contributed by atoms with Crippen LogP contribution in [0.15, 0.2) is 94.5 Å². The van der Waals surface area contributed by atoms with E-state index in [-0.39, 0.29) is 35.9 Å². The third kappa shape index (κ3) is 11.3. The number of benzene rings is 4. The minimum atomic E-state index is -0.232. The zero-order chi connectivity index (χ0) is 39.3. The number of hydrogen-bond donors (Lipinski definition) is 2. The summed E-state index contributed by atoms with van der Waals surface area (Å²) < 4.78 is 26.4. The van der Waals surface area contributed by atoms with Gasteiger partial charge in [-0.25, -0.2) is 0 Å². The number of fused-ring (bicyclic) bond motifs is 4. The van der Waals surface area contributed by atoms with Crippen LogP contribution in [0.25, 0.3) is 40.3 Å². The summed E-state index contributed by atoms with van der Waals surface area (Å²) in [6.45, 7) is 5.42. The maximum Gasteiger partial charge on any atom is 0.257 e. The van der Waals surface area contributed by atoms with Crippen LogP contribution < -0.4 is 31.0 Å². The van der Waals surface area contributed by atoms with Crippen LogP contribution in [0.3, 0.4) is 0 Å². The maximum atomic E-state index is 12.9. The van der Waals surface area contributed by atoms with Crippen molar-refractivity contribution in [2.75, 3.05) is 93.0 Å². The van der Waals surface area contributed by atoms with Crippen molar-refractivity contribution in [1.82, 2.24) is 20.4 Å². The van der Waals surface area contributed by atoms with Gasteiger partial charge in [-0.05, 0) is 74.8 Å². The lowest BCUT2D eigenvalue weighted by atomic mass is 10.2. The molecule has 0 bridgehead atoms. The molecule has 0 fully saturated rings. The summed E-state index contributed by atoms with van der Waals surface area (Å²) in [6.07, 6.45) is 0. The molecule has 14 heteroatoms. The topological polar surface area (TPSA) is 136 Å². The molecule has 0 aliphatic heterocycles. The molecule has 4 aromatic carbocycles. The highest BCUT2D eigenvalue weighted by Gasteiger charge is 2.11. The molecule has 0 radical (unpaired) electrons. The second-order valence-corrected chi connectivity index (χ2v) is 15.4. The zero-order valence-electron chi connectivity index (χ0n) is 31.5. The highest BCUT2D eigenvalue weighted by Crippen LogP contribution is 2.28. The van der Waals surface area contributed by atoms with E-state index in [4.69, 9.17) is 18.9 Å². The molecule has 0 saturated heterocycles. The first-order valence-corrected chi connectivity index (χ1v) is 20.1. The maximum absolute atomic E-state index is 12.9. The predicted molar refractivity (Wildman–Crippen MR) is 225 cm³/mol. The SMILES string of the molecule is CN(CCNC(=O)COc1ccc2sc3ccccc3c(=O)c2c1)CCOCCOCCN(C)CCNC(=O)COc1ccc2sc3ccccc3c(=O)c2c1. The number of amides is 2. The van der Waals surface area contributed by atoms with Gasteiger partial charge in [-0.2, -0.15) is 0 Å². The molecule has 0 spiro atoms. The van der Waals surface area contributed by atoms with Crippen molar-refractivity contribution in [3.8, 4) is 11.5 Å². The molecule has 0 unspecified atom stereocenters. The van der Waals surface area contributed by atoms with Gasteiger partial charge in [0.2, 0.25) is 0 Å². The number of hydrogen-bond acceptors (Lipinski definition) is 12. The van der Waals surface area contributed by atoms with E-state index < -0.39 is 0 Å². The summed E-state index contributed by atoms with van der Waals surface area (Å²) >= 11 is 3.11. The highest BCUT2D eigenvalue weighted by molar-refractivity contribution is 7.24. The number of ether oxygens (including phenoxy) is 4. The molecule has 6 aromatic rings. The summed E-state index contributed by atoms with van der Waals surface area (Å²) in [5, 5.41) is 8.26. The number of carbonyl (C=O) groups excluding carboxylic acids is 2. The predicted octanol–water partition coefficient (Wildman–Crippen LogP) is 4.73. The van der Waals surface area contributed by atoms with Crippen molar-refractivity contribution in [1.29, 1.82) is 0 Å². The van der Waals surface area contributed by atoms with E-state index in [1.165, 1.54) is 0 Å². The fraction of sp³-hybridized carbons (Fsp3) is 0.333. The monoisotopic (exact) mass is 798 g/mol. The average Bonchev–Trinajstić information content (AvgIpc) is 3.20. The largest absolute Gasteiger partial charge is 0.484 e. The first kappa shape index (κ1) is 40.7. The number of likely N-dealkylation sites (N-methyl/N-ethyl adjacent to an activating group) is 2.